The Balaban J connectivity index is 0.00000128. The van der Waals surface area contributed by atoms with Crippen LogP contribution in [-0.4, -0.2) is 13.7 Å². The first-order valence-electron chi connectivity index (χ1n) is 4.71. The van der Waals surface area contributed by atoms with E-state index in [0.29, 0.717) is 12.8 Å². The van der Waals surface area contributed by atoms with Gasteiger partial charge in [-0.2, -0.15) is 0 Å². The summed E-state index contributed by atoms with van der Waals surface area (Å²) in [5.74, 6) is -0.532. The summed E-state index contributed by atoms with van der Waals surface area (Å²) in [6.45, 7) is 0. The van der Waals surface area contributed by atoms with Crippen LogP contribution in [0.2, 0.25) is 0 Å². The van der Waals surface area contributed by atoms with Crippen molar-refractivity contribution in [1.82, 2.24) is 0 Å². The maximum Gasteiger partial charge on any atom is 0.181 e. The molecule has 1 saturated carbocycles. The molecule has 2 rings (SSSR count). The van der Waals surface area contributed by atoms with Crippen molar-refractivity contribution >= 4 is 25.8 Å². The average Bonchev–Trinajstić information content (AvgIpc) is 2.05. The van der Waals surface area contributed by atoms with E-state index in [1.54, 1.807) is 0 Å². The van der Waals surface area contributed by atoms with Gasteiger partial charge in [-0.25, -0.2) is 12.8 Å². The van der Waals surface area contributed by atoms with Crippen molar-refractivity contribution in [3.63, 3.8) is 0 Å². The van der Waals surface area contributed by atoms with Gasteiger partial charge in [-0.3, -0.25) is 0 Å². The second kappa shape index (κ2) is 4.84. The zero-order valence-electron chi connectivity index (χ0n) is 7.91. The lowest BCUT2D eigenvalue weighted by Crippen LogP contribution is -2.28. The van der Waals surface area contributed by atoms with E-state index < -0.39 is 15.7 Å². The summed E-state index contributed by atoms with van der Waals surface area (Å²) in [5.41, 5.74) is 0. The zero-order chi connectivity index (χ0) is 11.1. The first kappa shape index (κ1) is 13.6. The van der Waals surface area contributed by atoms with Gasteiger partial charge in [0.05, 0.1) is 14.6 Å². The molecule has 5 heteroatoms. The third-order valence-electron chi connectivity index (χ3n) is 2.71. The standard InChI is InChI=1S/C10H10BrFO2S.CH4/c11-9-5-4-8(6-10(9)12)15(13,14)7-2-1-3-7;/h4-7H,1-3H2;1H4. The minimum atomic E-state index is -3.30. The Hall–Kier alpha value is -0.420. The lowest BCUT2D eigenvalue weighted by molar-refractivity contribution is 0.476. The van der Waals surface area contributed by atoms with Gasteiger partial charge < -0.3 is 0 Å². The molecule has 16 heavy (non-hydrogen) atoms. The van der Waals surface area contributed by atoms with Crippen molar-refractivity contribution in [3.05, 3.63) is 28.5 Å². The SMILES string of the molecule is C.O=S(=O)(c1ccc(Br)c(F)c1)C1CCC1. The summed E-state index contributed by atoms with van der Waals surface area (Å²) in [5, 5.41) is -0.307. The van der Waals surface area contributed by atoms with Gasteiger partial charge in [0.25, 0.3) is 0 Å². The van der Waals surface area contributed by atoms with Gasteiger partial charge in [-0.15, -0.1) is 0 Å². The molecule has 0 heterocycles. The van der Waals surface area contributed by atoms with Gasteiger partial charge in [-0.1, -0.05) is 13.8 Å². The van der Waals surface area contributed by atoms with Crippen LogP contribution < -0.4 is 0 Å². The molecule has 0 unspecified atom stereocenters. The monoisotopic (exact) mass is 308 g/mol. The van der Waals surface area contributed by atoms with Gasteiger partial charge in [0.15, 0.2) is 9.84 Å². The lowest BCUT2D eigenvalue weighted by atomic mass is 10.00. The van der Waals surface area contributed by atoms with E-state index in [-0.39, 0.29) is 22.0 Å². The van der Waals surface area contributed by atoms with Gasteiger partial charge in [-0.05, 0) is 47.0 Å². The molecule has 0 aliphatic heterocycles. The highest BCUT2D eigenvalue weighted by Gasteiger charge is 2.32. The Kier molecular flexibility index (Phi) is 4.12. The largest absolute Gasteiger partial charge is 0.223 e. The molecule has 0 spiro atoms. The maximum absolute atomic E-state index is 13.2. The molecule has 1 aromatic rings. The van der Waals surface area contributed by atoms with E-state index >= 15 is 0 Å². The average molecular weight is 309 g/mol. The Morgan fingerprint density at radius 1 is 1.31 bits per heavy atom. The molecular weight excluding hydrogens is 295 g/mol. The van der Waals surface area contributed by atoms with Crippen molar-refractivity contribution in [2.45, 2.75) is 36.8 Å². The first-order valence-corrected chi connectivity index (χ1v) is 7.04. The van der Waals surface area contributed by atoms with E-state index in [1.165, 1.54) is 12.1 Å². The zero-order valence-corrected chi connectivity index (χ0v) is 10.3. The highest BCUT2D eigenvalue weighted by molar-refractivity contribution is 9.10. The molecule has 0 atom stereocenters. The molecule has 0 amide bonds. The summed E-state index contributed by atoms with van der Waals surface area (Å²) >= 11 is 2.99. The van der Waals surface area contributed by atoms with Crippen LogP contribution in [0.15, 0.2) is 27.6 Å². The Morgan fingerprint density at radius 3 is 2.38 bits per heavy atom. The fourth-order valence-electron chi connectivity index (χ4n) is 1.53. The Labute approximate surface area is 104 Å². The van der Waals surface area contributed by atoms with Crippen molar-refractivity contribution in [2.75, 3.05) is 0 Å². The summed E-state index contributed by atoms with van der Waals surface area (Å²) in [6, 6.07) is 3.96. The van der Waals surface area contributed by atoms with E-state index in [0.717, 1.165) is 12.5 Å². The van der Waals surface area contributed by atoms with Crippen molar-refractivity contribution < 1.29 is 12.8 Å². The molecule has 0 saturated heterocycles. The second-order valence-corrected chi connectivity index (χ2v) is 6.76. The first-order chi connectivity index (χ1) is 7.01. The quantitative estimate of drug-likeness (QED) is 0.837. The minimum Gasteiger partial charge on any atom is -0.223 e. The summed E-state index contributed by atoms with van der Waals surface area (Å²) < 4.78 is 37.3. The fraction of sp³-hybridized carbons (Fsp3) is 0.455. The van der Waals surface area contributed by atoms with Gasteiger partial charge in [0.1, 0.15) is 5.82 Å². The highest BCUT2D eigenvalue weighted by atomic mass is 79.9. The molecule has 0 aromatic heterocycles. The van der Waals surface area contributed by atoms with Crippen molar-refractivity contribution in [3.8, 4) is 0 Å². The highest BCUT2D eigenvalue weighted by Crippen LogP contribution is 2.32. The Bertz CT molecular complexity index is 481. The molecule has 1 aromatic carbocycles. The molecular formula is C11H14BrFO2S. The third-order valence-corrected chi connectivity index (χ3v) is 5.61. The minimum absolute atomic E-state index is 0. The maximum atomic E-state index is 13.2. The van der Waals surface area contributed by atoms with E-state index in [4.69, 9.17) is 0 Å². The lowest BCUT2D eigenvalue weighted by Gasteiger charge is -2.25. The molecule has 0 radical (unpaired) electrons. The number of rotatable bonds is 2. The smallest absolute Gasteiger partial charge is 0.181 e. The number of hydrogen-bond donors (Lipinski definition) is 0. The van der Waals surface area contributed by atoms with Crippen LogP contribution in [0.3, 0.4) is 0 Å². The van der Waals surface area contributed by atoms with Crippen LogP contribution >= 0.6 is 15.9 Å². The summed E-state index contributed by atoms with van der Waals surface area (Å²) in [7, 11) is -3.30. The van der Waals surface area contributed by atoms with Gasteiger partial charge >= 0.3 is 0 Å². The molecule has 1 aliphatic rings. The molecule has 1 fully saturated rings. The normalized spacial score (nSPS) is 16.4. The predicted molar refractivity (Wildman–Crippen MR) is 65.7 cm³/mol. The predicted octanol–water partition coefficient (Wildman–Crippen LogP) is 3.55. The fourth-order valence-corrected chi connectivity index (χ4v) is 3.64. The molecule has 1 aliphatic carbocycles. The van der Waals surface area contributed by atoms with Gasteiger partial charge in [0.2, 0.25) is 0 Å². The summed E-state index contributed by atoms with van der Waals surface area (Å²) in [4.78, 5) is 0.0906. The number of sulfone groups is 1. The number of benzene rings is 1. The van der Waals surface area contributed by atoms with Crippen molar-refractivity contribution in [1.29, 1.82) is 0 Å². The topological polar surface area (TPSA) is 34.1 Å². The van der Waals surface area contributed by atoms with Crippen LogP contribution in [0.1, 0.15) is 26.7 Å². The molecule has 2 nitrogen and oxygen atoms in total. The van der Waals surface area contributed by atoms with Gasteiger partial charge in [0, 0.05) is 0 Å². The van der Waals surface area contributed by atoms with Crippen LogP contribution in [0.5, 0.6) is 0 Å². The van der Waals surface area contributed by atoms with Crippen LogP contribution in [0.25, 0.3) is 0 Å². The van der Waals surface area contributed by atoms with Crippen LogP contribution in [0, 0.1) is 5.82 Å². The van der Waals surface area contributed by atoms with E-state index in [9.17, 15) is 12.8 Å². The molecule has 0 N–H and O–H groups in total. The number of halogens is 2. The molecule has 0 bridgehead atoms. The molecule has 90 valence electrons. The summed E-state index contributed by atoms with van der Waals surface area (Å²) in [6.07, 6.45) is 2.34. The number of hydrogen-bond acceptors (Lipinski definition) is 2. The van der Waals surface area contributed by atoms with Crippen LogP contribution in [0.4, 0.5) is 4.39 Å². The third kappa shape index (κ3) is 2.30. The van der Waals surface area contributed by atoms with E-state index in [1.807, 2.05) is 0 Å². The van der Waals surface area contributed by atoms with Crippen molar-refractivity contribution in [2.24, 2.45) is 0 Å². The van der Waals surface area contributed by atoms with E-state index in [2.05, 4.69) is 15.9 Å². The second-order valence-electron chi connectivity index (χ2n) is 3.67. The Morgan fingerprint density at radius 2 is 1.94 bits per heavy atom. The van der Waals surface area contributed by atoms with Crippen LogP contribution in [-0.2, 0) is 9.84 Å².